The number of hydroxylamine groups is 1. The van der Waals surface area contributed by atoms with Crippen molar-refractivity contribution in [2.24, 2.45) is 0 Å². The van der Waals surface area contributed by atoms with Crippen LogP contribution in [0.15, 0.2) is 16.6 Å². The highest BCUT2D eigenvalue weighted by Gasteiger charge is 2.08. The molecule has 0 atom stereocenters. The molecule has 1 aromatic rings. The Morgan fingerprint density at radius 2 is 2.07 bits per heavy atom. The molecule has 1 aromatic carbocycles. The Morgan fingerprint density at radius 3 is 2.64 bits per heavy atom. The number of benzene rings is 1. The van der Waals surface area contributed by atoms with E-state index in [-0.39, 0.29) is 0 Å². The monoisotopic (exact) mass is 259 g/mol. The smallest absolute Gasteiger partial charge is 0.137 e. The van der Waals surface area contributed by atoms with Gasteiger partial charge in [0.2, 0.25) is 0 Å². The largest absolute Gasteiger partial charge is 0.495 e. The van der Waals surface area contributed by atoms with Crippen LogP contribution in [0, 0.1) is 6.92 Å². The van der Waals surface area contributed by atoms with Crippen molar-refractivity contribution in [1.82, 2.24) is 5.48 Å². The van der Waals surface area contributed by atoms with Crippen LogP contribution < -0.4 is 10.2 Å². The molecule has 0 radical (unpaired) electrons. The summed E-state index contributed by atoms with van der Waals surface area (Å²) >= 11 is 3.49. The first kappa shape index (κ1) is 11.5. The fraction of sp³-hybridized carbons (Fsp3) is 0.400. The highest BCUT2D eigenvalue weighted by Crippen LogP contribution is 2.31. The van der Waals surface area contributed by atoms with Gasteiger partial charge in [0.25, 0.3) is 0 Å². The fourth-order valence-corrected chi connectivity index (χ4v) is 1.75. The van der Waals surface area contributed by atoms with Crippen LogP contribution in [0.1, 0.15) is 11.1 Å². The van der Waals surface area contributed by atoms with E-state index in [1.807, 2.05) is 19.1 Å². The number of rotatable bonds is 4. The number of hydrogen-bond donors (Lipinski definition) is 1. The van der Waals surface area contributed by atoms with E-state index in [1.54, 1.807) is 14.2 Å². The molecule has 0 spiro atoms. The average molecular weight is 260 g/mol. The van der Waals surface area contributed by atoms with Gasteiger partial charge in [-0.3, -0.25) is 0 Å². The first-order valence-corrected chi connectivity index (χ1v) is 5.07. The summed E-state index contributed by atoms with van der Waals surface area (Å²) in [5.74, 6) is 0.856. The molecule has 0 saturated carbocycles. The molecule has 0 aliphatic carbocycles. The zero-order chi connectivity index (χ0) is 10.6. The maximum Gasteiger partial charge on any atom is 0.137 e. The molecular weight excluding hydrogens is 246 g/mol. The molecule has 3 nitrogen and oxygen atoms in total. The average Bonchev–Trinajstić information content (AvgIpc) is 2.20. The van der Waals surface area contributed by atoms with Crippen molar-refractivity contribution in [1.29, 1.82) is 0 Å². The molecular formula is C10H14BrNO2. The quantitative estimate of drug-likeness (QED) is 0.843. The van der Waals surface area contributed by atoms with Crippen LogP contribution in [-0.2, 0) is 11.4 Å². The number of ether oxygens (including phenoxy) is 1. The lowest BCUT2D eigenvalue weighted by Gasteiger charge is -2.12. The van der Waals surface area contributed by atoms with Gasteiger partial charge in [0.15, 0.2) is 0 Å². The van der Waals surface area contributed by atoms with Gasteiger partial charge in [0.1, 0.15) is 5.75 Å². The standard InChI is InChI=1S/C10H14BrNO2/c1-7-4-5-8(6-12-14-3)10(13-2)9(7)11/h4-5,12H,6H2,1-3H3. The van der Waals surface area contributed by atoms with Crippen LogP contribution in [0.4, 0.5) is 0 Å². The third-order valence-electron chi connectivity index (χ3n) is 1.98. The molecule has 1 rings (SSSR count). The van der Waals surface area contributed by atoms with Gasteiger partial charge in [-0.25, -0.2) is 0 Å². The lowest BCUT2D eigenvalue weighted by molar-refractivity contribution is 0.0861. The van der Waals surface area contributed by atoms with Crippen molar-refractivity contribution < 1.29 is 9.57 Å². The Balaban J connectivity index is 2.98. The van der Waals surface area contributed by atoms with Gasteiger partial charge in [-0.05, 0) is 28.4 Å². The summed E-state index contributed by atoms with van der Waals surface area (Å²) in [4.78, 5) is 4.79. The van der Waals surface area contributed by atoms with Crippen LogP contribution in [0.5, 0.6) is 5.75 Å². The van der Waals surface area contributed by atoms with Crippen molar-refractivity contribution in [2.45, 2.75) is 13.5 Å². The number of methoxy groups -OCH3 is 1. The Bertz CT molecular complexity index is 315. The molecule has 0 aliphatic rings. The van der Waals surface area contributed by atoms with Gasteiger partial charge < -0.3 is 9.57 Å². The van der Waals surface area contributed by atoms with E-state index < -0.39 is 0 Å². The van der Waals surface area contributed by atoms with Crippen LogP contribution in [-0.4, -0.2) is 14.2 Å². The van der Waals surface area contributed by atoms with Gasteiger partial charge >= 0.3 is 0 Å². The van der Waals surface area contributed by atoms with Crippen molar-refractivity contribution in [2.75, 3.05) is 14.2 Å². The number of aryl methyl sites for hydroxylation is 1. The van der Waals surface area contributed by atoms with Gasteiger partial charge in [-0.15, -0.1) is 0 Å². The summed E-state index contributed by atoms with van der Waals surface area (Å²) in [6, 6.07) is 4.06. The van der Waals surface area contributed by atoms with E-state index in [1.165, 1.54) is 0 Å². The van der Waals surface area contributed by atoms with Crippen LogP contribution >= 0.6 is 15.9 Å². The van der Waals surface area contributed by atoms with Crippen molar-refractivity contribution in [3.63, 3.8) is 0 Å². The van der Waals surface area contributed by atoms with Gasteiger partial charge in [-0.2, -0.15) is 5.48 Å². The van der Waals surface area contributed by atoms with Gasteiger partial charge in [-0.1, -0.05) is 12.1 Å². The number of hydrogen-bond acceptors (Lipinski definition) is 3. The topological polar surface area (TPSA) is 30.5 Å². The Kier molecular flexibility index (Phi) is 4.38. The van der Waals surface area contributed by atoms with Crippen LogP contribution in [0.3, 0.4) is 0 Å². The SMILES string of the molecule is CONCc1ccc(C)c(Br)c1OC. The molecule has 0 amide bonds. The van der Waals surface area contributed by atoms with E-state index in [4.69, 9.17) is 9.57 Å². The minimum atomic E-state index is 0.624. The van der Waals surface area contributed by atoms with E-state index >= 15 is 0 Å². The normalized spacial score (nSPS) is 10.3. The maximum atomic E-state index is 5.31. The summed E-state index contributed by atoms with van der Waals surface area (Å²) in [5, 5.41) is 0. The first-order valence-electron chi connectivity index (χ1n) is 4.28. The summed E-state index contributed by atoms with van der Waals surface area (Å²) in [5.41, 5.74) is 5.00. The van der Waals surface area contributed by atoms with E-state index in [0.29, 0.717) is 6.54 Å². The summed E-state index contributed by atoms with van der Waals surface area (Å²) in [6.07, 6.45) is 0. The molecule has 0 aromatic heterocycles. The first-order chi connectivity index (χ1) is 6.70. The van der Waals surface area contributed by atoms with Crippen LogP contribution in [0.2, 0.25) is 0 Å². The minimum Gasteiger partial charge on any atom is -0.495 e. The van der Waals surface area contributed by atoms with Crippen molar-refractivity contribution in [3.8, 4) is 5.75 Å². The Morgan fingerprint density at radius 1 is 1.36 bits per heavy atom. The lowest BCUT2D eigenvalue weighted by Crippen LogP contribution is -2.11. The van der Waals surface area contributed by atoms with Gasteiger partial charge in [0, 0.05) is 12.1 Å². The Hall–Kier alpha value is -0.580. The number of nitrogens with one attached hydrogen (secondary N) is 1. The second-order valence-electron chi connectivity index (χ2n) is 2.91. The maximum absolute atomic E-state index is 5.31. The zero-order valence-corrected chi connectivity index (χ0v) is 10.1. The van der Waals surface area contributed by atoms with Crippen molar-refractivity contribution >= 4 is 15.9 Å². The predicted octanol–water partition coefficient (Wildman–Crippen LogP) is 2.42. The fourth-order valence-electron chi connectivity index (χ4n) is 1.20. The summed E-state index contributed by atoms with van der Waals surface area (Å²) < 4.78 is 6.31. The molecule has 0 fully saturated rings. The lowest BCUT2D eigenvalue weighted by atomic mass is 10.1. The van der Waals surface area contributed by atoms with E-state index in [2.05, 4.69) is 21.4 Å². The zero-order valence-electron chi connectivity index (χ0n) is 8.56. The van der Waals surface area contributed by atoms with Crippen molar-refractivity contribution in [3.05, 3.63) is 27.7 Å². The molecule has 0 heterocycles. The third-order valence-corrected chi connectivity index (χ3v) is 2.97. The summed E-state index contributed by atoms with van der Waals surface area (Å²) in [7, 11) is 3.26. The highest BCUT2D eigenvalue weighted by atomic mass is 79.9. The molecule has 0 unspecified atom stereocenters. The molecule has 4 heteroatoms. The molecule has 78 valence electrons. The van der Waals surface area contributed by atoms with E-state index in [9.17, 15) is 0 Å². The Labute approximate surface area is 92.5 Å². The van der Waals surface area contributed by atoms with Crippen LogP contribution in [0.25, 0.3) is 0 Å². The second kappa shape index (κ2) is 5.34. The molecule has 14 heavy (non-hydrogen) atoms. The highest BCUT2D eigenvalue weighted by molar-refractivity contribution is 9.10. The summed E-state index contributed by atoms with van der Waals surface area (Å²) in [6.45, 7) is 2.65. The number of halogens is 1. The van der Waals surface area contributed by atoms with E-state index in [0.717, 1.165) is 21.3 Å². The third kappa shape index (κ3) is 2.47. The predicted molar refractivity (Wildman–Crippen MR) is 59.3 cm³/mol. The second-order valence-corrected chi connectivity index (χ2v) is 3.71. The molecule has 0 aliphatic heterocycles. The molecule has 0 saturated heterocycles. The molecule has 0 bridgehead atoms. The molecule has 1 N–H and O–H groups in total. The van der Waals surface area contributed by atoms with Gasteiger partial charge in [0.05, 0.1) is 18.7 Å². The minimum absolute atomic E-state index is 0.624.